The van der Waals surface area contributed by atoms with Gasteiger partial charge in [-0.2, -0.15) is 0 Å². The van der Waals surface area contributed by atoms with E-state index in [1.165, 1.54) is 25.5 Å². The van der Waals surface area contributed by atoms with Crippen LogP contribution in [0.15, 0.2) is 12.3 Å². The first-order valence-electron chi connectivity index (χ1n) is 7.10. The highest BCUT2D eigenvalue weighted by atomic mass is 16.5. The third-order valence-corrected chi connectivity index (χ3v) is 5.15. The standard InChI is InChI=1S/C14H17N3O2/c18-13(19-12-1-2-15-17-16-12)14-6-9-3-10(7-14)5-11(4-9)8-14/h1-2,9-11H,3-8H2. The summed E-state index contributed by atoms with van der Waals surface area (Å²) in [4.78, 5) is 12.6. The minimum atomic E-state index is -0.236. The molecule has 0 atom stereocenters. The van der Waals surface area contributed by atoms with Crippen molar-refractivity contribution in [2.24, 2.45) is 23.2 Å². The molecule has 0 saturated heterocycles. The first kappa shape index (κ1) is 11.3. The summed E-state index contributed by atoms with van der Waals surface area (Å²) in [5.74, 6) is 2.40. The largest absolute Gasteiger partial charge is 0.405 e. The average Bonchev–Trinajstić information content (AvgIpc) is 2.38. The average molecular weight is 259 g/mol. The lowest BCUT2D eigenvalue weighted by Crippen LogP contribution is -2.51. The molecule has 0 N–H and O–H groups in total. The lowest BCUT2D eigenvalue weighted by atomic mass is 9.49. The summed E-state index contributed by atoms with van der Waals surface area (Å²) < 4.78 is 5.45. The van der Waals surface area contributed by atoms with Crippen LogP contribution in [-0.2, 0) is 4.79 Å². The molecular weight excluding hydrogens is 242 g/mol. The molecule has 0 unspecified atom stereocenters. The molecule has 1 aromatic rings. The van der Waals surface area contributed by atoms with Crippen molar-refractivity contribution >= 4 is 5.97 Å². The van der Waals surface area contributed by atoms with Crippen LogP contribution in [0.2, 0.25) is 0 Å². The topological polar surface area (TPSA) is 65.0 Å². The Morgan fingerprint density at radius 1 is 1.16 bits per heavy atom. The van der Waals surface area contributed by atoms with Crippen molar-refractivity contribution in [2.75, 3.05) is 0 Å². The summed E-state index contributed by atoms with van der Waals surface area (Å²) in [6, 6.07) is 1.59. The molecule has 1 heterocycles. The van der Waals surface area contributed by atoms with E-state index in [0.29, 0.717) is 0 Å². The van der Waals surface area contributed by atoms with Crippen molar-refractivity contribution in [2.45, 2.75) is 38.5 Å². The predicted octanol–water partition coefficient (Wildman–Crippen LogP) is 1.99. The Morgan fingerprint density at radius 2 is 1.79 bits per heavy atom. The first-order valence-corrected chi connectivity index (χ1v) is 7.10. The number of aromatic nitrogens is 3. The van der Waals surface area contributed by atoms with Crippen LogP contribution in [0.3, 0.4) is 0 Å². The fourth-order valence-corrected chi connectivity index (χ4v) is 4.85. The number of rotatable bonds is 2. The normalized spacial score (nSPS) is 39.3. The van der Waals surface area contributed by atoms with Crippen LogP contribution < -0.4 is 4.74 Å². The van der Waals surface area contributed by atoms with Crippen LogP contribution in [-0.4, -0.2) is 21.4 Å². The van der Waals surface area contributed by atoms with Gasteiger partial charge in [0.25, 0.3) is 0 Å². The first-order chi connectivity index (χ1) is 9.23. The van der Waals surface area contributed by atoms with E-state index < -0.39 is 0 Å². The van der Waals surface area contributed by atoms with Crippen LogP contribution >= 0.6 is 0 Å². The number of carbonyl (C=O) groups is 1. The zero-order valence-corrected chi connectivity index (χ0v) is 10.8. The van der Waals surface area contributed by atoms with Gasteiger partial charge in [-0.1, -0.05) is 5.10 Å². The van der Waals surface area contributed by atoms with E-state index in [1.807, 2.05) is 0 Å². The summed E-state index contributed by atoms with van der Waals surface area (Å²) in [5, 5.41) is 10.8. The van der Waals surface area contributed by atoms with Gasteiger partial charge in [0, 0.05) is 6.07 Å². The molecular formula is C14H17N3O2. The van der Waals surface area contributed by atoms with Gasteiger partial charge in [-0.15, -0.1) is 5.10 Å². The number of hydrogen-bond donors (Lipinski definition) is 0. The minimum absolute atomic E-state index is 0.0906. The van der Waals surface area contributed by atoms with Crippen LogP contribution in [0.1, 0.15) is 38.5 Å². The molecule has 4 fully saturated rings. The van der Waals surface area contributed by atoms with Crippen molar-refractivity contribution in [3.8, 4) is 5.88 Å². The van der Waals surface area contributed by atoms with Gasteiger partial charge in [0.15, 0.2) is 0 Å². The number of esters is 1. The molecule has 5 nitrogen and oxygen atoms in total. The predicted molar refractivity (Wildman–Crippen MR) is 66.1 cm³/mol. The quantitative estimate of drug-likeness (QED) is 0.760. The van der Waals surface area contributed by atoms with Crippen molar-refractivity contribution in [1.82, 2.24) is 15.4 Å². The Hall–Kier alpha value is -1.52. The van der Waals surface area contributed by atoms with Gasteiger partial charge in [-0.25, -0.2) is 0 Å². The molecule has 0 spiro atoms. The van der Waals surface area contributed by atoms with Crippen LogP contribution in [0.5, 0.6) is 5.88 Å². The van der Waals surface area contributed by atoms with Gasteiger partial charge >= 0.3 is 5.97 Å². The number of hydrogen-bond acceptors (Lipinski definition) is 5. The summed E-state index contributed by atoms with van der Waals surface area (Å²) in [6.07, 6.45) is 8.49. The number of ether oxygens (including phenoxy) is 1. The summed E-state index contributed by atoms with van der Waals surface area (Å²) >= 11 is 0. The Bertz CT molecular complexity index is 467. The summed E-state index contributed by atoms with van der Waals surface area (Å²) in [5.41, 5.74) is -0.236. The van der Waals surface area contributed by atoms with Crippen molar-refractivity contribution in [3.63, 3.8) is 0 Å². The molecule has 100 valence electrons. The lowest BCUT2D eigenvalue weighted by molar-refractivity contribution is -0.161. The molecule has 0 amide bonds. The van der Waals surface area contributed by atoms with E-state index >= 15 is 0 Å². The molecule has 4 bridgehead atoms. The highest BCUT2D eigenvalue weighted by Gasteiger charge is 2.55. The fourth-order valence-electron chi connectivity index (χ4n) is 4.85. The smallest absolute Gasteiger partial charge is 0.318 e. The van der Waals surface area contributed by atoms with E-state index in [9.17, 15) is 4.79 Å². The molecule has 5 rings (SSSR count). The zero-order chi connectivity index (χ0) is 12.9. The second-order valence-corrected chi connectivity index (χ2v) is 6.55. The second-order valence-electron chi connectivity index (χ2n) is 6.55. The number of carbonyl (C=O) groups excluding carboxylic acids is 1. The van der Waals surface area contributed by atoms with Gasteiger partial charge in [0.2, 0.25) is 5.88 Å². The molecule has 5 heteroatoms. The molecule has 0 aromatic carbocycles. The monoisotopic (exact) mass is 259 g/mol. The van der Waals surface area contributed by atoms with Crippen molar-refractivity contribution in [1.29, 1.82) is 0 Å². The molecule has 4 aliphatic rings. The van der Waals surface area contributed by atoms with E-state index in [-0.39, 0.29) is 17.3 Å². The van der Waals surface area contributed by atoms with Crippen LogP contribution in [0.4, 0.5) is 0 Å². The molecule has 4 saturated carbocycles. The Balaban J connectivity index is 1.56. The molecule has 0 radical (unpaired) electrons. The van der Waals surface area contributed by atoms with Gasteiger partial charge in [0.05, 0.1) is 11.6 Å². The summed E-state index contributed by atoms with van der Waals surface area (Å²) in [6.45, 7) is 0. The third kappa shape index (κ3) is 1.83. The second kappa shape index (κ2) is 3.99. The minimum Gasteiger partial charge on any atom is -0.405 e. The fraction of sp³-hybridized carbons (Fsp3) is 0.714. The van der Waals surface area contributed by atoms with Gasteiger partial charge in [-0.3, -0.25) is 4.79 Å². The van der Waals surface area contributed by atoms with Crippen LogP contribution in [0.25, 0.3) is 0 Å². The van der Waals surface area contributed by atoms with Gasteiger partial charge < -0.3 is 4.74 Å². The molecule has 1 aromatic heterocycles. The van der Waals surface area contributed by atoms with Gasteiger partial charge in [0.1, 0.15) is 0 Å². The third-order valence-electron chi connectivity index (χ3n) is 5.15. The van der Waals surface area contributed by atoms with Crippen LogP contribution in [0, 0.1) is 23.2 Å². The van der Waals surface area contributed by atoms with E-state index in [4.69, 9.17) is 4.74 Å². The maximum absolute atomic E-state index is 12.6. The maximum Gasteiger partial charge on any atom is 0.318 e. The SMILES string of the molecule is O=C(Oc1ccnnn1)C12CC3CC(CC(C3)C1)C2. The zero-order valence-electron chi connectivity index (χ0n) is 10.8. The van der Waals surface area contributed by atoms with Crippen molar-refractivity contribution in [3.05, 3.63) is 12.3 Å². The lowest BCUT2D eigenvalue weighted by Gasteiger charge is -2.55. The Morgan fingerprint density at radius 3 is 2.32 bits per heavy atom. The van der Waals surface area contributed by atoms with E-state index in [2.05, 4.69) is 15.4 Å². The molecule has 4 aliphatic carbocycles. The number of nitrogens with zero attached hydrogens (tertiary/aromatic N) is 3. The van der Waals surface area contributed by atoms with Crippen molar-refractivity contribution < 1.29 is 9.53 Å². The molecule has 19 heavy (non-hydrogen) atoms. The maximum atomic E-state index is 12.6. The highest BCUT2D eigenvalue weighted by Crippen LogP contribution is 2.60. The summed E-state index contributed by atoms with van der Waals surface area (Å²) in [7, 11) is 0. The Kier molecular flexibility index (Phi) is 2.37. The van der Waals surface area contributed by atoms with E-state index in [0.717, 1.165) is 37.0 Å². The highest BCUT2D eigenvalue weighted by molar-refractivity contribution is 5.79. The van der Waals surface area contributed by atoms with Gasteiger partial charge in [-0.05, 0) is 61.5 Å². The van der Waals surface area contributed by atoms with E-state index in [1.54, 1.807) is 6.07 Å². The molecule has 0 aliphatic heterocycles. The Labute approximate surface area is 111 Å².